The number of rotatable bonds is 7. The van der Waals surface area contributed by atoms with Crippen molar-refractivity contribution in [3.05, 3.63) is 59.7 Å². The molecule has 1 N–H and O–H groups in total. The number of ether oxygens (including phenoxy) is 1. The maximum Gasteiger partial charge on any atom is 0.331 e. The van der Waals surface area contributed by atoms with Gasteiger partial charge in [0.1, 0.15) is 6.67 Å². The van der Waals surface area contributed by atoms with Crippen LogP contribution in [0.15, 0.2) is 48.5 Å². The van der Waals surface area contributed by atoms with Crippen molar-refractivity contribution in [2.75, 3.05) is 13.8 Å². The third-order valence-electron chi connectivity index (χ3n) is 3.92. The van der Waals surface area contributed by atoms with Crippen LogP contribution >= 0.6 is 0 Å². The molecule has 0 spiro atoms. The third kappa shape index (κ3) is 4.89. The number of methoxy groups -OCH3 is 1. The fourth-order valence-corrected chi connectivity index (χ4v) is 2.51. The van der Waals surface area contributed by atoms with Crippen LogP contribution in [0.25, 0.3) is 11.1 Å². The Kier molecular flexibility index (Phi) is 6.69. The van der Waals surface area contributed by atoms with Gasteiger partial charge in [-0.2, -0.15) is 0 Å². The second-order valence-corrected chi connectivity index (χ2v) is 5.73. The molecule has 0 aromatic heterocycles. The topological polar surface area (TPSA) is 55.4 Å². The summed E-state index contributed by atoms with van der Waals surface area (Å²) in [6, 6.07) is 14.0. The van der Waals surface area contributed by atoms with Crippen molar-refractivity contribution >= 4 is 11.9 Å². The van der Waals surface area contributed by atoms with Crippen LogP contribution in [0.1, 0.15) is 29.3 Å². The number of esters is 1. The minimum Gasteiger partial charge on any atom is -0.467 e. The van der Waals surface area contributed by atoms with Gasteiger partial charge in [0.05, 0.1) is 7.11 Å². The monoisotopic (exact) mass is 343 g/mol. The summed E-state index contributed by atoms with van der Waals surface area (Å²) in [7, 11) is 1.15. The van der Waals surface area contributed by atoms with E-state index in [0.717, 1.165) is 31.1 Å². The van der Waals surface area contributed by atoms with Crippen LogP contribution in [-0.2, 0) is 16.0 Å². The Bertz CT molecular complexity index is 711. The molecule has 4 nitrogen and oxygen atoms in total. The second kappa shape index (κ2) is 8.97. The lowest BCUT2D eigenvalue weighted by atomic mass is 10.0. The summed E-state index contributed by atoms with van der Waals surface area (Å²) in [5.74, 6) is -1.32. The number of amides is 1. The molecular formula is C20H22FNO3. The maximum atomic E-state index is 12.8. The van der Waals surface area contributed by atoms with Crippen molar-refractivity contribution < 1.29 is 18.7 Å². The highest BCUT2D eigenvalue weighted by Gasteiger charge is 2.21. The normalized spacial score (nSPS) is 11.6. The van der Waals surface area contributed by atoms with Gasteiger partial charge in [-0.25, -0.2) is 9.18 Å². The molecule has 0 saturated heterocycles. The molecule has 2 aromatic rings. The highest BCUT2D eigenvalue weighted by atomic mass is 19.1. The highest BCUT2D eigenvalue weighted by molar-refractivity contribution is 5.97. The van der Waals surface area contributed by atoms with Crippen LogP contribution < -0.4 is 5.32 Å². The molecule has 0 fully saturated rings. The summed E-state index contributed by atoms with van der Waals surface area (Å²) in [5.41, 5.74) is 3.69. The number of hydrogen-bond donors (Lipinski definition) is 1. The van der Waals surface area contributed by atoms with Crippen LogP contribution in [0.5, 0.6) is 0 Å². The molecule has 1 amide bonds. The van der Waals surface area contributed by atoms with E-state index in [1.165, 1.54) is 5.56 Å². The SMILES string of the molecule is CCCc1ccc(-c2ccc(C(=O)NC(CF)C(=O)OC)cc2)cc1. The first kappa shape index (κ1) is 18.6. The van der Waals surface area contributed by atoms with Gasteiger partial charge in [-0.15, -0.1) is 0 Å². The van der Waals surface area contributed by atoms with Crippen LogP contribution in [-0.4, -0.2) is 31.7 Å². The van der Waals surface area contributed by atoms with E-state index < -0.39 is 24.6 Å². The van der Waals surface area contributed by atoms with E-state index in [-0.39, 0.29) is 0 Å². The minimum atomic E-state index is -1.29. The number of carbonyl (C=O) groups is 2. The number of hydrogen-bond acceptors (Lipinski definition) is 3. The Morgan fingerprint density at radius 3 is 2.08 bits per heavy atom. The summed E-state index contributed by atoms with van der Waals surface area (Å²) < 4.78 is 17.3. The lowest BCUT2D eigenvalue weighted by Crippen LogP contribution is -2.43. The fraction of sp³-hybridized carbons (Fsp3) is 0.300. The van der Waals surface area contributed by atoms with Gasteiger partial charge in [-0.1, -0.05) is 49.7 Å². The fourth-order valence-electron chi connectivity index (χ4n) is 2.51. The van der Waals surface area contributed by atoms with Crippen molar-refractivity contribution in [2.45, 2.75) is 25.8 Å². The van der Waals surface area contributed by atoms with Gasteiger partial charge in [0, 0.05) is 5.56 Å². The predicted molar refractivity (Wildman–Crippen MR) is 95.1 cm³/mol. The summed E-state index contributed by atoms with van der Waals surface area (Å²) >= 11 is 0. The van der Waals surface area contributed by atoms with Crippen molar-refractivity contribution in [2.24, 2.45) is 0 Å². The zero-order chi connectivity index (χ0) is 18.2. The Morgan fingerprint density at radius 1 is 1.04 bits per heavy atom. The van der Waals surface area contributed by atoms with Crippen LogP contribution in [0.4, 0.5) is 4.39 Å². The van der Waals surface area contributed by atoms with Crippen molar-refractivity contribution in [1.82, 2.24) is 5.32 Å². The molecule has 0 saturated carbocycles. The molecule has 5 heteroatoms. The number of benzene rings is 2. The van der Waals surface area contributed by atoms with E-state index in [0.29, 0.717) is 5.56 Å². The van der Waals surface area contributed by atoms with Crippen molar-refractivity contribution in [1.29, 1.82) is 0 Å². The number of alkyl halides is 1. The van der Waals surface area contributed by atoms with Crippen LogP contribution in [0.2, 0.25) is 0 Å². The average Bonchev–Trinajstić information content (AvgIpc) is 2.66. The minimum absolute atomic E-state index is 0.355. The van der Waals surface area contributed by atoms with Gasteiger partial charge in [0.2, 0.25) is 0 Å². The van der Waals surface area contributed by atoms with E-state index in [4.69, 9.17) is 0 Å². The molecule has 132 valence electrons. The molecule has 0 aliphatic rings. The standard InChI is InChI=1S/C20H22FNO3/c1-3-4-14-5-7-15(8-6-14)16-9-11-17(12-10-16)19(23)22-18(13-21)20(24)25-2/h5-12,18H,3-4,13H2,1-2H3,(H,22,23). The van der Waals surface area contributed by atoms with Crippen molar-refractivity contribution in [3.8, 4) is 11.1 Å². The molecule has 0 aliphatic heterocycles. The lowest BCUT2D eigenvalue weighted by Gasteiger charge is -2.13. The molecule has 0 heterocycles. The molecular weight excluding hydrogens is 321 g/mol. The first-order valence-corrected chi connectivity index (χ1v) is 8.23. The van der Waals surface area contributed by atoms with Crippen LogP contribution in [0, 0.1) is 0 Å². The van der Waals surface area contributed by atoms with Gasteiger partial charge in [-0.05, 0) is 35.2 Å². The maximum absolute atomic E-state index is 12.8. The first-order valence-electron chi connectivity index (χ1n) is 8.23. The summed E-state index contributed by atoms with van der Waals surface area (Å²) in [6.45, 7) is 1.13. The van der Waals surface area contributed by atoms with E-state index >= 15 is 0 Å². The summed E-state index contributed by atoms with van der Waals surface area (Å²) in [5, 5.41) is 2.33. The van der Waals surface area contributed by atoms with Gasteiger partial charge in [0.15, 0.2) is 6.04 Å². The molecule has 1 atom stereocenters. The highest BCUT2D eigenvalue weighted by Crippen LogP contribution is 2.21. The summed E-state index contributed by atoms with van der Waals surface area (Å²) in [4.78, 5) is 23.5. The lowest BCUT2D eigenvalue weighted by molar-refractivity contribution is -0.143. The molecule has 2 aromatic carbocycles. The molecule has 0 aliphatic carbocycles. The quantitative estimate of drug-likeness (QED) is 0.782. The molecule has 1 unspecified atom stereocenters. The molecule has 0 radical (unpaired) electrons. The van der Waals surface area contributed by atoms with E-state index in [2.05, 4.69) is 41.2 Å². The van der Waals surface area contributed by atoms with Gasteiger partial charge in [0.25, 0.3) is 5.91 Å². The Morgan fingerprint density at radius 2 is 1.60 bits per heavy atom. The number of carbonyl (C=O) groups excluding carboxylic acids is 2. The van der Waals surface area contributed by atoms with E-state index in [1.54, 1.807) is 12.1 Å². The second-order valence-electron chi connectivity index (χ2n) is 5.73. The predicted octanol–water partition coefficient (Wildman–Crippen LogP) is 3.55. The van der Waals surface area contributed by atoms with Gasteiger partial charge < -0.3 is 10.1 Å². The molecule has 2 rings (SSSR count). The molecule has 0 bridgehead atoms. The number of nitrogens with one attached hydrogen (secondary N) is 1. The Labute approximate surface area is 147 Å². The van der Waals surface area contributed by atoms with E-state index in [1.807, 2.05) is 12.1 Å². The smallest absolute Gasteiger partial charge is 0.331 e. The number of aryl methyl sites for hydroxylation is 1. The average molecular weight is 343 g/mol. The largest absolute Gasteiger partial charge is 0.467 e. The Hall–Kier alpha value is -2.69. The molecule has 25 heavy (non-hydrogen) atoms. The van der Waals surface area contributed by atoms with Gasteiger partial charge >= 0.3 is 5.97 Å². The van der Waals surface area contributed by atoms with Crippen LogP contribution in [0.3, 0.4) is 0 Å². The number of halogens is 1. The Balaban J connectivity index is 2.08. The van der Waals surface area contributed by atoms with Gasteiger partial charge in [-0.3, -0.25) is 4.79 Å². The van der Waals surface area contributed by atoms with E-state index in [9.17, 15) is 14.0 Å². The summed E-state index contributed by atoms with van der Waals surface area (Å²) in [6.07, 6.45) is 2.16. The van der Waals surface area contributed by atoms with Crippen molar-refractivity contribution in [3.63, 3.8) is 0 Å². The zero-order valence-corrected chi connectivity index (χ0v) is 14.4. The zero-order valence-electron chi connectivity index (χ0n) is 14.4. The first-order chi connectivity index (χ1) is 12.1. The third-order valence-corrected chi connectivity index (χ3v) is 3.92.